The number of amides is 3. The van der Waals surface area contributed by atoms with Crippen molar-refractivity contribution in [2.24, 2.45) is 23.7 Å². The van der Waals surface area contributed by atoms with E-state index in [9.17, 15) is 14.4 Å². The van der Waals surface area contributed by atoms with Gasteiger partial charge >= 0.3 is 0 Å². The van der Waals surface area contributed by atoms with Crippen molar-refractivity contribution < 1.29 is 14.4 Å². The van der Waals surface area contributed by atoms with Gasteiger partial charge in [0.1, 0.15) is 0 Å². The highest BCUT2D eigenvalue weighted by molar-refractivity contribution is 5.93. The van der Waals surface area contributed by atoms with E-state index in [2.05, 4.69) is 37.1 Å². The van der Waals surface area contributed by atoms with Crippen molar-refractivity contribution in [1.82, 2.24) is 20.1 Å². The minimum absolute atomic E-state index is 0.0741. The van der Waals surface area contributed by atoms with Gasteiger partial charge in [0, 0.05) is 64.0 Å². The fraction of sp³-hybridized carbons (Fsp3) is 0.600. The lowest BCUT2D eigenvalue weighted by Crippen LogP contribution is -2.50. The number of nitrogens with one attached hydrogen (secondary N) is 1. The van der Waals surface area contributed by atoms with Crippen LogP contribution in [0.4, 0.5) is 0 Å². The highest BCUT2D eigenvalue weighted by atomic mass is 16.2. The molecule has 3 atom stereocenters. The highest BCUT2D eigenvalue weighted by Crippen LogP contribution is 2.39. The number of pyridine rings is 1. The van der Waals surface area contributed by atoms with Gasteiger partial charge in [0.05, 0.1) is 0 Å². The summed E-state index contributed by atoms with van der Waals surface area (Å²) in [7, 11) is 0. The van der Waals surface area contributed by atoms with Crippen LogP contribution in [0.25, 0.3) is 0 Å². The molecule has 0 aromatic carbocycles. The summed E-state index contributed by atoms with van der Waals surface area (Å²) in [5.74, 6) is 1.52. The molecule has 7 nitrogen and oxygen atoms in total. The van der Waals surface area contributed by atoms with E-state index in [1.807, 2.05) is 4.90 Å². The molecule has 32 heavy (non-hydrogen) atoms. The molecule has 7 heteroatoms. The van der Waals surface area contributed by atoms with Crippen LogP contribution in [-0.2, 0) is 9.59 Å². The predicted molar refractivity (Wildman–Crippen MR) is 124 cm³/mol. The average Bonchev–Trinajstić information content (AvgIpc) is 2.79. The van der Waals surface area contributed by atoms with Crippen LogP contribution in [0.5, 0.6) is 0 Å². The number of hydrogen-bond acceptors (Lipinski definition) is 4. The Labute approximate surface area is 191 Å². The van der Waals surface area contributed by atoms with E-state index < -0.39 is 0 Å². The number of hydrogen-bond donors (Lipinski definition) is 1. The fourth-order valence-electron chi connectivity index (χ4n) is 4.93. The minimum atomic E-state index is -0.0806. The van der Waals surface area contributed by atoms with E-state index in [-0.39, 0.29) is 29.6 Å². The Morgan fingerprint density at radius 1 is 1.09 bits per heavy atom. The lowest BCUT2D eigenvalue weighted by atomic mass is 9.69. The van der Waals surface area contributed by atoms with Gasteiger partial charge in [-0.2, -0.15) is 0 Å². The summed E-state index contributed by atoms with van der Waals surface area (Å²) < 4.78 is 0. The van der Waals surface area contributed by atoms with Crippen LogP contribution in [0, 0.1) is 23.7 Å². The van der Waals surface area contributed by atoms with Crippen LogP contribution < -0.4 is 5.32 Å². The van der Waals surface area contributed by atoms with Gasteiger partial charge in [0.15, 0.2) is 0 Å². The second-order valence-electron chi connectivity index (χ2n) is 9.45. The Kier molecular flexibility index (Phi) is 8.04. The third kappa shape index (κ3) is 5.96. The van der Waals surface area contributed by atoms with E-state index >= 15 is 0 Å². The first kappa shape index (κ1) is 24.0. The summed E-state index contributed by atoms with van der Waals surface area (Å²) in [6.45, 7) is 11.2. The van der Waals surface area contributed by atoms with Crippen molar-refractivity contribution in [3.63, 3.8) is 0 Å². The van der Waals surface area contributed by atoms with Crippen molar-refractivity contribution in [2.45, 2.75) is 40.5 Å². The van der Waals surface area contributed by atoms with Gasteiger partial charge in [0.2, 0.25) is 11.8 Å². The van der Waals surface area contributed by atoms with Gasteiger partial charge in [-0.25, -0.2) is 0 Å². The SMILES string of the molecule is CC(=O)N1CCN(C(=O)CC2CC(C(C)C)C(CNC(=O)c3ccncc3)C=C2C)CC1. The number of piperazine rings is 1. The number of nitrogens with zero attached hydrogens (tertiary/aromatic N) is 3. The lowest BCUT2D eigenvalue weighted by Gasteiger charge is -2.39. The molecule has 1 aliphatic carbocycles. The molecular weight excluding hydrogens is 404 g/mol. The lowest BCUT2D eigenvalue weighted by molar-refractivity contribution is -0.139. The van der Waals surface area contributed by atoms with E-state index in [1.54, 1.807) is 36.4 Å². The molecule has 1 fully saturated rings. The Bertz CT molecular complexity index is 844. The Hall–Kier alpha value is -2.70. The molecule has 0 bridgehead atoms. The Balaban J connectivity index is 1.59. The van der Waals surface area contributed by atoms with E-state index in [4.69, 9.17) is 0 Å². The van der Waals surface area contributed by atoms with Gasteiger partial charge in [-0.05, 0) is 49.1 Å². The highest BCUT2D eigenvalue weighted by Gasteiger charge is 2.34. The standard InChI is InChI=1S/C25H36N4O3/c1-17(2)23-14-21(15-24(31)29-11-9-28(10-12-29)19(4)30)18(3)13-22(23)16-27-25(32)20-5-7-26-8-6-20/h5-8,13,17,21-23H,9-12,14-16H2,1-4H3,(H,27,32). The number of rotatable bonds is 6. The summed E-state index contributed by atoms with van der Waals surface area (Å²) in [6, 6.07) is 3.43. The van der Waals surface area contributed by atoms with Crippen molar-refractivity contribution in [2.75, 3.05) is 32.7 Å². The maximum absolute atomic E-state index is 13.0. The average molecular weight is 441 g/mol. The predicted octanol–water partition coefficient (Wildman–Crippen LogP) is 2.75. The smallest absolute Gasteiger partial charge is 0.251 e. The molecule has 1 aliphatic heterocycles. The second-order valence-corrected chi connectivity index (χ2v) is 9.45. The second kappa shape index (κ2) is 10.7. The van der Waals surface area contributed by atoms with Crippen LogP contribution in [0.2, 0.25) is 0 Å². The molecule has 1 aromatic heterocycles. The van der Waals surface area contributed by atoms with Gasteiger partial charge in [-0.15, -0.1) is 0 Å². The first-order valence-corrected chi connectivity index (χ1v) is 11.7. The fourth-order valence-corrected chi connectivity index (χ4v) is 4.93. The first-order valence-electron chi connectivity index (χ1n) is 11.7. The van der Waals surface area contributed by atoms with Crippen LogP contribution in [0.1, 0.15) is 50.9 Å². The van der Waals surface area contributed by atoms with Crippen LogP contribution in [0.3, 0.4) is 0 Å². The zero-order valence-electron chi connectivity index (χ0n) is 19.7. The first-order chi connectivity index (χ1) is 15.3. The molecule has 0 radical (unpaired) electrons. The monoisotopic (exact) mass is 440 g/mol. The molecule has 1 saturated heterocycles. The van der Waals surface area contributed by atoms with Gasteiger partial charge in [-0.1, -0.05) is 25.5 Å². The van der Waals surface area contributed by atoms with E-state index in [1.165, 1.54) is 5.57 Å². The van der Waals surface area contributed by atoms with Crippen molar-refractivity contribution in [1.29, 1.82) is 0 Å². The van der Waals surface area contributed by atoms with Gasteiger partial charge in [-0.3, -0.25) is 19.4 Å². The number of carbonyl (C=O) groups excluding carboxylic acids is 3. The normalized spacial score (nSPS) is 23.7. The maximum atomic E-state index is 13.0. The van der Waals surface area contributed by atoms with E-state index in [0.29, 0.717) is 56.5 Å². The largest absolute Gasteiger partial charge is 0.351 e. The number of aromatic nitrogens is 1. The topological polar surface area (TPSA) is 82.6 Å². The van der Waals surface area contributed by atoms with E-state index in [0.717, 1.165) is 6.42 Å². The quantitative estimate of drug-likeness (QED) is 0.690. The molecule has 0 saturated carbocycles. The van der Waals surface area contributed by atoms with Crippen LogP contribution in [-0.4, -0.2) is 65.2 Å². The molecular formula is C25H36N4O3. The molecule has 0 spiro atoms. The van der Waals surface area contributed by atoms with Crippen molar-refractivity contribution >= 4 is 17.7 Å². The van der Waals surface area contributed by atoms with Crippen molar-refractivity contribution in [3.8, 4) is 0 Å². The minimum Gasteiger partial charge on any atom is -0.351 e. The summed E-state index contributed by atoms with van der Waals surface area (Å²) in [5, 5.41) is 3.08. The third-order valence-corrected chi connectivity index (χ3v) is 7.02. The van der Waals surface area contributed by atoms with Gasteiger partial charge < -0.3 is 15.1 Å². The molecule has 174 valence electrons. The Morgan fingerprint density at radius 3 is 2.31 bits per heavy atom. The number of allylic oxidation sites excluding steroid dienone is 1. The zero-order chi connectivity index (χ0) is 23.3. The van der Waals surface area contributed by atoms with Crippen LogP contribution >= 0.6 is 0 Å². The summed E-state index contributed by atoms with van der Waals surface area (Å²) in [5.41, 5.74) is 1.85. The third-order valence-electron chi connectivity index (χ3n) is 7.02. The Morgan fingerprint density at radius 2 is 1.72 bits per heavy atom. The summed E-state index contributed by atoms with van der Waals surface area (Å²) in [4.78, 5) is 44.6. The number of carbonyl (C=O) groups is 3. The molecule has 1 N–H and O–H groups in total. The van der Waals surface area contributed by atoms with Crippen LogP contribution in [0.15, 0.2) is 36.2 Å². The summed E-state index contributed by atoms with van der Waals surface area (Å²) >= 11 is 0. The maximum Gasteiger partial charge on any atom is 0.251 e. The van der Waals surface area contributed by atoms with Crippen molar-refractivity contribution in [3.05, 3.63) is 41.7 Å². The zero-order valence-corrected chi connectivity index (χ0v) is 19.7. The molecule has 2 heterocycles. The molecule has 3 rings (SSSR count). The summed E-state index contributed by atoms with van der Waals surface area (Å²) in [6.07, 6.45) is 6.99. The van der Waals surface area contributed by atoms with Gasteiger partial charge in [0.25, 0.3) is 5.91 Å². The molecule has 3 amide bonds. The molecule has 3 unspecified atom stereocenters. The molecule has 1 aromatic rings. The molecule has 2 aliphatic rings.